The topological polar surface area (TPSA) is 94.8 Å². The summed E-state index contributed by atoms with van der Waals surface area (Å²) in [4.78, 5) is 22.6. The minimum absolute atomic E-state index is 0.0347. The normalized spacial score (nSPS) is 45.0. The van der Waals surface area contributed by atoms with Crippen molar-refractivity contribution in [1.29, 1.82) is 0 Å². The molecule has 0 aromatic rings. The minimum Gasteiger partial charge on any atom is -0.481 e. The number of rotatable bonds is 10. The fourth-order valence-corrected chi connectivity index (χ4v) is 10.4. The van der Waals surface area contributed by atoms with Crippen molar-refractivity contribution >= 4 is 12.3 Å². The number of aliphatic hydroxyl groups is 2. The summed E-state index contributed by atoms with van der Waals surface area (Å²) in [5.41, 5.74) is 0.0983. The van der Waals surface area contributed by atoms with E-state index in [-0.39, 0.29) is 40.6 Å². The van der Waals surface area contributed by atoms with Crippen molar-refractivity contribution in [3.63, 3.8) is 0 Å². The number of carbonyl (C=O) groups is 2. The molecule has 0 radical (unpaired) electrons. The maximum Gasteiger partial charge on any atom is 0.303 e. The van der Waals surface area contributed by atoms with E-state index in [4.69, 9.17) is 0 Å². The largest absolute Gasteiger partial charge is 0.481 e. The summed E-state index contributed by atoms with van der Waals surface area (Å²) < 4.78 is 0. The van der Waals surface area contributed by atoms with Gasteiger partial charge in [-0.15, -0.1) is 0 Å². The first-order chi connectivity index (χ1) is 16.3. The van der Waals surface area contributed by atoms with Crippen LogP contribution in [0.5, 0.6) is 0 Å². The zero-order valence-corrected chi connectivity index (χ0v) is 22.6. The van der Waals surface area contributed by atoms with E-state index < -0.39 is 11.6 Å². The Hall–Kier alpha value is -1.20. The van der Waals surface area contributed by atoms with Crippen LogP contribution in [0.2, 0.25) is 0 Å². The molecule has 1 spiro atoms. The first-order valence-electron chi connectivity index (χ1n) is 14.0. The van der Waals surface area contributed by atoms with E-state index in [2.05, 4.69) is 26.8 Å². The monoisotopic (exact) mass is 488 g/mol. The smallest absolute Gasteiger partial charge is 0.303 e. The minimum atomic E-state index is -1.16. The van der Waals surface area contributed by atoms with Gasteiger partial charge in [-0.2, -0.15) is 0 Å². The number of aldehydes is 1. The van der Waals surface area contributed by atoms with Crippen LogP contribution >= 0.6 is 0 Å². The van der Waals surface area contributed by atoms with Gasteiger partial charge in [0.2, 0.25) is 0 Å². The third-order valence-electron chi connectivity index (χ3n) is 12.3. The zero-order chi connectivity index (χ0) is 25.9. The van der Waals surface area contributed by atoms with Crippen LogP contribution in [-0.4, -0.2) is 39.8 Å². The van der Waals surface area contributed by atoms with Crippen molar-refractivity contribution < 1.29 is 24.9 Å². The molecule has 9 atom stereocenters. The van der Waals surface area contributed by atoms with Crippen molar-refractivity contribution in [1.82, 2.24) is 0 Å². The Morgan fingerprint density at radius 1 is 1.14 bits per heavy atom. The molecule has 1 unspecified atom stereocenters. The number of allylic oxidation sites excluding steroid dienone is 2. The predicted octanol–water partition coefficient (Wildman–Crippen LogP) is 5.78. The number of carbonyl (C=O) groups excluding carboxylic acids is 1. The Bertz CT molecular complexity index is 878. The number of aliphatic carboxylic acids is 1. The molecule has 0 aliphatic heterocycles. The predicted molar refractivity (Wildman–Crippen MR) is 137 cm³/mol. The molecule has 5 heteroatoms. The summed E-state index contributed by atoms with van der Waals surface area (Å²) >= 11 is 0. The van der Waals surface area contributed by atoms with E-state index in [1.54, 1.807) is 6.92 Å². The lowest BCUT2D eigenvalue weighted by molar-refractivity contribution is -0.159. The van der Waals surface area contributed by atoms with Gasteiger partial charge in [0.25, 0.3) is 0 Å². The first-order valence-corrected chi connectivity index (χ1v) is 14.0. The summed E-state index contributed by atoms with van der Waals surface area (Å²) in [6.45, 7) is 10.8. The van der Waals surface area contributed by atoms with Gasteiger partial charge in [0.15, 0.2) is 0 Å². The highest BCUT2D eigenvalue weighted by atomic mass is 16.4. The molecule has 0 aromatic heterocycles. The van der Waals surface area contributed by atoms with Crippen LogP contribution in [0.4, 0.5) is 0 Å². The summed E-state index contributed by atoms with van der Waals surface area (Å²) in [6.07, 6.45) is 13.6. The van der Waals surface area contributed by atoms with Crippen LogP contribution in [-0.2, 0) is 9.59 Å². The molecular formula is C30H48O5. The molecule has 35 heavy (non-hydrogen) atoms. The number of fused-ring (bicyclic) bond motifs is 2. The molecule has 4 saturated carbocycles. The maximum atomic E-state index is 11.6. The first kappa shape index (κ1) is 26.9. The van der Waals surface area contributed by atoms with Crippen LogP contribution in [0.3, 0.4) is 0 Å². The molecule has 4 fully saturated rings. The third-order valence-corrected chi connectivity index (χ3v) is 12.3. The van der Waals surface area contributed by atoms with E-state index in [0.29, 0.717) is 24.2 Å². The second-order valence-electron chi connectivity index (χ2n) is 13.7. The Morgan fingerprint density at radius 2 is 1.86 bits per heavy atom. The Kier molecular flexibility index (Phi) is 6.88. The van der Waals surface area contributed by atoms with Gasteiger partial charge in [0, 0.05) is 6.42 Å². The quantitative estimate of drug-likeness (QED) is 0.268. The lowest BCUT2D eigenvalue weighted by Gasteiger charge is -2.61. The van der Waals surface area contributed by atoms with Crippen LogP contribution < -0.4 is 0 Å². The lowest BCUT2D eigenvalue weighted by atomic mass is 9.43. The van der Waals surface area contributed by atoms with Gasteiger partial charge < -0.3 is 15.3 Å². The third kappa shape index (κ3) is 3.86. The fourth-order valence-electron chi connectivity index (χ4n) is 10.4. The van der Waals surface area contributed by atoms with Gasteiger partial charge in [0.1, 0.15) is 6.29 Å². The highest BCUT2D eigenvalue weighted by Crippen LogP contribution is 2.87. The maximum absolute atomic E-state index is 11.6. The molecule has 5 nitrogen and oxygen atoms in total. The summed E-state index contributed by atoms with van der Waals surface area (Å²) in [5, 5.41) is 30.8. The highest BCUT2D eigenvalue weighted by Gasteiger charge is 2.81. The van der Waals surface area contributed by atoms with Crippen molar-refractivity contribution in [3.05, 3.63) is 11.6 Å². The Morgan fingerprint density at radius 3 is 2.49 bits per heavy atom. The number of hydrogen-bond acceptors (Lipinski definition) is 4. The molecular weight excluding hydrogens is 440 g/mol. The van der Waals surface area contributed by atoms with E-state index in [1.165, 1.54) is 19.3 Å². The molecule has 0 bridgehead atoms. The second kappa shape index (κ2) is 8.97. The van der Waals surface area contributed by atoms with Gasteiger partial charge >= 0.3 is 5.97 Å². The van der Waals surface area contributed by atoms with Gasteiger partial charge in [0.05, 0.1) is 12.2 Å². The Balaban J connectivity index is 1.60. The van der Waals surface area contributed by atoms with Crippen LogP contribution in [0.1, 0.15) is 105 Å². The number of hydrogen-bond donors (Lipinski definition) is 3. The van der Waals surface area contributed by atoms with Gasteiger partial charge in [-0.25, -0.2) is 0 Å². The zero-order valence-electron chi connectivity index (χ0n) is 22.6. The molecule has 0 amide bonds. The molecule has 4 aliphatic rings. The molecule has 4 rings (SSSR count). The number of carboxylic acids is 1. The van der Waals surface area contributed by atoms with Crippen molar-refractivity contribution in [3.8, 4) is 0 Å². The van der Waals surface area contributed by atoms with Crippen molar-refractivity contribution in [2.75, 3.05) is 6.61 Å². The standard InChI is InChI=1S/C30H48O5/c1-20(17-31)7-6-8-21(2)22-11-13-27(4)23-9-10-24(28(5,35)19-32)29(14-12-25(33)34)18-30(23,29)16-15-26(22,27)3/h7,17,21-24,32,35H,6,8-16,18-19H2,1-5H3,(H,33,34)/b20-7+/t21-,22-,23+,24?,26-,27+,28+,29-,30+/m1/s1. The van der Waals surface area contributed by atoms with Crippen LogP contribution in [0.25, 0.3) is 0 Å². The molecule has 3 N–H and O–H groups in total. The SMILES string of the molecule is C/C(C=O)=C\CC[C@@H](C)[C@H]1CC[C@@]2(C)[C@@H]3CCC([C@@](C)(O)CO)[C@@]4(CCC(=O)O)C[C@@]34CC[C@]12C. The highest BCUT2D eigenvalue weighted by molar-refractivity contribution is 5.71. The molecule has 0 saturated heterocycles. The van der Waals surface area contributed by atoms with E-state index in [0.717, 1.165) is 50.4 Å². The summed E-state index contributed by atoms with van der Waals surface area (Å²) in [6, 6.07) is 0. The van der Waals surface area contributed by atoms with Crippen molar-refractivity contribution in [2.24, 2.45) is 45.3 Å². The average Bonchev–Trinajstić information content (AvgIpc) is 3.40. The molecule has 198 valence electrons. The molecule has 0 aromatic carbocycles. The van der Waals surface area contributed by atoms with E-state index >= 15 is 0 Å². The summed E-state index contributed by atoms with van der Waals surface area (Å²) in [5.74, 6) is 1.04. The van der Waals surface area contributed by atoms with Gasteiger partial charge in [-0.1, -0.05) is 26.8 Å². The Labute approximate surface area is 211 Å². The van der Waals surface area contributed by atoms with Gasteiger partial charge in [-0.05, 0) is 129 Å². The summed E-state index contributed by atoms with van der Waals surface area (Å²) in [7, 11) is 0. The average molecular weight is 489 g/mol. The van der Waals surface area contributed by atoms with E-state index in [1.807, 2.05) is 6.92 Å². The lowest BCUT2D eigenvalue weighted by Crippen LogP contribution is -2.57. The number of aliphatic hydroxyl groups excluding tert-OH is 1. The van der Waals surface area contributed by atoms with Crippen molar-refractivity contribution in [2.45, 2.75) is 111 Å². The number of carboxylic acid groups (broad SMARTS) is 1. The van der Waals surface area contributed by atoms with Crippen LogP contribution in [0, 0.1) is 45.3 Å². The van der Waals surface area contributed by atoms with E-state index in [9.17, 15) is 24.9 Å². The van der Waals surface area contributed by atoms with Crippen LogP contribution in [0.15, 0.2) is 11.6 Å². The molecule has 4 aliphatic carbocycles. The molecule has 0 heterocycles. The fraction of sp³-hybridized carbons (Fsp3) is 0.867. The second-order valence-corrected chi connectivity index (χ2v) is 13.7. The van der Waals surface area contributed by atoms with Gasteiger partial charge in [-0.3, -0.25) is 9.59 Å².